The highest BCUT2D eigenvalue weighted by molar-refractivity contribution is 5.91. The molecule has 2 amide bonds. The van der Waals surface area contributed by atoms with Crippen LogP contribution in [0.25, 0.3) is 0 Å². The lowest BCUT2D eigenvalue weighted by Gasteiger charge is -2.26. The van der Waals surface area contributed by atoms with Crippen LogP contribution in [-0.4, -0.2) is 36.2 Å². The molecule has 0 bridgehead atoms. The quantitative estimate of drug-likeness (QED) is 0.474. The maximum Gasteiger partial charge on any atom is 0.312 e. The summed E-state index contributed by atoms with van der Waals surface area (Å²) < 4.78 is 0. The summed E-state index contributed by atoms with van der Waals surface area (Å²) in [5.74, 6) is -0.0499. The number of nitrogens with two attached hydrogens (primary N) is 1. The van der Waals surface area contributed by atoms with Gasteiger partial charge in [0, 0.05) is 30.8 Å². The minimum Gasteiger partial charge on any atom is -0.352 e. The minimum absolute atomic E-state index is 0.0839. The van der Waals surface area contributed by atoms with Gasteiger partial charge in [0.2, 0.25) is 0 Å². The molecule has 2 atom stereocenters. The number of nitrogens with one attached hydrogen (secondary N) is 2. The number of hydrogen-bond acceptors (Lipinski definition) is 4. The molecule has 0 fully saturated rings. The van der Waals surface area contributed by atoms with E-state index in [0.717, 1.165) is 0 Å². The Morgan fingerprint density at radius 3 is 2.00 bits per heavy atom. The Morgan fingerprint density at radius 2 is 1.58 bits per heavy atom. The summed E-state index contributed by atoms with van der Waals surface area (Å²) in [6.07, 6.45) is 1.45. The number of carbonyl (C=O) groups excluding carboxylic acids is 3. The maximum absolute atomic E-state index is 12.7. The molecule has 0 aliphatic heterocycles. The van der Waals surface area contributed by atoms with Crippen LogP contribution < -0.4 is 16.4 Å². The lowest BCUT2D eigenvalue weighted by Crippen LogP contribution is -2.45. The molecule has 0 aromatic carbocycles. The predicted octanol–water partition coefficient (Wildman–Crippen LogP) is 2.26. The van der Waals surface area contributed by atoms with Crippen molar-refractivity contribution in [2.24, 2.45) is 23.5 Å². The Bertz CT molecular complexity index is 420. The van der Waals surface area contributed by atoms with Crippen LogP contribution in [0.4, 0.5) is 4.79 Å². The number of hydrogen-bond donors (Lipinski definition) is 3. The van der Waals surface area contributed by atoms with E-state index >= 15 is 0 Å². The van der Waals surface area contributed by atoms with Crippen LogP contribution in [0.1, 0.15) is 60.8 Å². The second-order valence-corrected chi connectivity index (χ2v) is 7.40. The molecule has 6 heteroatoms. The van der Waals surface area contributed by atoms with Crippen LogP contribution in [0.15, 0.2) is 0 Å². The molecule has 140 valence electrons. The van der Waals surface area contributed by atoms with Gasteiger partial charge in [0.1, 0.15) is 5.78 Å². The monoisotopic (exact) mass is 341 g/mol. The number of carbonyl (C=O) groups is 3. The summed E-state index contributed by atoms with van der Waals surface area (Å²) in [5, 5.41) is 5.82. The summed E-state index contributed by atoms with van der Waals surface area (Å²) in [5.41, 5.74) is 5.04. The molecule has 0 rings (SSSR count). The second-order valence-electron chi connectivity index (χ2n) is 7.40. The van der Waals surface area contributed by atoms with Crippen LogP contribution in [0.5, 0.6) is 0 Å². The molecule has 6 nitrogen and oxygen atoms in total. The molecular formula is C18H35N3O3. The summed E-state index contributed by atoms with van der Waals surface area (Å²) >= 11 is 0. The molecule has 0 radical (unpaired) electrons. The van der Waals surface area contributed by atoms with Crippen molar-refractivity contribution < 1.29 is 14.4 Å². The van der Waals surface area contributed by atoms with Gasteiger partial charge in [0.25, 0.3) is 0 Å². The molecular weight excluding hydrogens is 306 g/mol. The Hall–Kier alpha value is -1.43. The first-order chi connectivity index (χ1) is 11.1. The average Bonchev–Trinajstić information content (AvgIpc) is 2.45. The lowest BCUT2D eigenvalue weighted by atomic mass is 9.84. The third-order valence-corrected chi connectivity index (χ3v) is 3.97. The van der Waals surface area contributed by atoms with Crippen molar-refractivity contribution in [3.63, 3.8) is 0 Å². The molecule has 0 aliphatic rings. The highest BCUT2D eigenvalue weighted by Gasteiger charge is 2.29. The number of ketones is 2. The summed E-state index contributed by atoms with van der Waals surface area (Å²) in [4.78, 5) is 35.8. The van der Waals surface area contributed by atoms with E-state index in [0.29, 0.717) is 19.4 Å². The largest absolute Gasteiger partial charge is 0.352 e. The predicted molar refractivity (Wildman–Crippen MR) is 96.7 cm³/mol. The van der Waals surface area contributed by atoms with Crippen molar-refractivity contribution in [3.8, 4) is 0 Å². The molecule has 0 saturated carbocycles. The van der Waals surface area contributed by atoms with Gasteiger partial charge < -0.3 is 16.4 Å². The Labute approximate surface area is 146 Å². The third kappa shape index (κ3) is 9.01. The SMILES string of the molecule is CC(C)N[C@H](C(=O)C[C@H](CCCNC(N)=O)C(=O)C(C)C)C(C)C. The smallest absolute Gasteiger partial charge is 0.312 e. The van der Waals surface area contributed by atoms with Gasteiger partial charge in [0.05, 0.1) is 6.04 Å². The fourth-order valence-electron chi connectivity index (χ4n) is 2.76. The third-order valence-electron chi connectivity index (χ3n) is 3.97. The van der Waals surface area contributed by atoms with E-state index in [9.17, 15) is 14.4 Å². The van der Waals surface area contributed by atoms with E-state index in [1.54, 1.807) is 0 Å². The van der Waals surface area contributed by atoms with Gasteiger partial charge in [-0.15, -0.1) is 0 Å². The van der Waals surface area contributed by atoms with Crippen LogP contribution in [0.2, 0.25) is 0 Å². The minimum atomic E-state index is -0.571. The fraction of sp³-hybridized carbons (Fsp3) is 0.833. The molecule has 0 saturated heterocycles. The summed E-state index contributed by atoms with van der Waals surface area (Å²) in [7, 11) is 0. The Morgan fingerprint density at radius 1 is 1.00 bits per heavy atom. The van der Waals surface area contributed by atoms with Gasteiger partial charge in [-0.3, -0.25) is 9.59 Å². The van der Waals surface area contributed by atoms with Gasteiger partial charge in [-0.1, -0.05) is 41.5 Å². The number of Topliss-reactive ketones (excluding diaryl/α,β-unsaturated/α-hetero) is 2. The van der Waals surface area contributed by atoms with Crippen LogP contribution in [-0.2, 0) is 9.59 Å². The Kier molecular flexibility index (Phi) is 10.5. The number of primary amides is 1. The van der Waals surface area contributed by atoms with Gasteiger partial charge in [-0.25, -0.2) is 4.79 Å². The molecule has 0 spiro atoms. The molecule has 4 N–H and O–H groups in total. The van der Waals surface area contributed by atoms with Crippen LogP contribution >= 0.6 is 0 Å². The van der Waals surface area contributed by atoms with Crippen molar-refractivity contribution in [1.82, 2.24) is 10.6 Å². The van der Waals surface area contributed by atoms with Crippen molar-refractivity contribution in [1.29, 1.82) is 0 Å². The van der Waals surface area contributed by atoms with Gasteiger partial charge >= 0.3 is 6.03 Å². The number of rotatable bonds is 12. The first kappa shape index (κ1) is 22.6. The van der Waals surface area contributed by atoms with E-state index < -0.39 is 6.03 Å². The zero-order valence-corrected chi connectivity index (χ0v) is 16.0. The first-order valence-corrected chi connectivity index (χ1v) is 8.92. The molecule has 24 heavy (non-hydrogen) atoms. The van der Waals surface area contributed by atoms with E-state index in [4.69, 9.17) is 5.73 Å². The highest BCUT2D eigenvalue weighted by Crippen LogP contribution is 2.20. The highest BCUT2D eigenvalue weighted by atomic mass is 16.2. The Balaban J connectivity index is 4.85. The number of amides is 2. The molecule has 0 heterocycles. The van der Waals surface area contributed by atoms with E-state index in [1.807, 2.05) is 41.5 Å². The maximum atomic E-state index is 12.7. The second kappa shape index (κ2) is 11.2. The summed E-state index contributed by atoms with van der Waals surface area (Å²) in [6, 6.07) is -0.601. The van der Waals surface area contributed by atoms with Gasteiger partial charge in [-0.2, -0.15) is 0 Å². The molecule has 0 aromatic rings. The van der Waals surface area contributed by atoms with Crippen molar-refractivity contribution >= 4 is 17.6 Å². The first-order valence-electron chi connectivity index (χ1n) is 8.92. The zero-order valence-electron chi connectivity index (χ0n) is 16.0. The van der Waals surface area contributed by atoms with Crippen molar-refractivity contribution in [2.75, 3.05) is 6.54 Å². The topological polar surface area (TPSA) is 101 Å². The van der Waals surface area contributed by atoms with E-state index in [2.05, 4.69) is 10.6 Å². The van der Waals surface area contributed by atoms with Gasteiger partial charge in [0.15, 0.2) is 5.78 Å². The fourth-order valence-corrected chi connectivity index (χ4v) is 2.76. The van der Waals surface area contributed by atoms with Gasteiger partial charge in [-0.05, 0) is 18.8 Å². The van der Waals surface area contributed by atoms with Crippen LogP contribution in [0, 0.1) is 17.8 Å². The molecule has 0 unspecified atom stereocenters. The van der Waals surface area contributed by atoms with Crippen molar-refractivity contribution in [2.45, 2.75) is 72.9 Å². The average molecular weight is 341 g/mol. The lowest BCUT2D eigenvalue weighted by molar-refractivity contribution is -0.131. The van der Waals surface area contributed by atoms with E-state index in [-0.39, 0.29) is 47.8 Å². The van der Waals surface area contributed by atoms with E-state index in [1.165, 1.54) is 0 Å². The normalized spacial score (nSPS) is 14.0. The van der Waals surface area contributed by atoms with Crippen LogP contribution in [0.3, 0.4) is 0 Å². The molecule has 0 aliphatic carbocycles. The van der Waals surface area contributed by atoms with Crippen molar-refractivity contribution in [3.05, 3.63) is 0 Å². The molecule has 0 aromatic heterocycles. The standard InChI is InChI=1S/C18H35N3O3/c1-11(2)16(21-13(5)6)15(22)10-14(17(23)12(3)4)8-7-9-20-18(19)24/h11-14,16,21H,7-10H2,1-6H3,(H3,19,20,24)/t14-,16-/m0/s1. The number of urea groups is 1. The summed E-state index contributed by atoms with van der Waals surface area (Å²) in [6.45, 7) is 12.2. The zero-order chi connectivity index (χ0) is 18.9.